The van der Waals surface area contributed by atoms with Crippen molar-refractivity contribution in [2.75, 3.05) is 13.1 Å². The second kappa shape index (κ2) is 6.75. The van der Waals surface area contributed by atoms with Crippen LogP contribution in [0.2, 0.25) is 5.02 Å². The van der Waals surface area contributed by atoms with Gasteiger partial charge in [-0.3, -0.25) is 4.90 Å². The van der Waals surface area contributed by atoms with E-state index in [-0.39, 0.29) is 17.9 Å². The van der Waals surface area contributed by atoms with Crippen LogP contribution in [0.4, 0.5) is 4.79 Å². The highest BCUT2D eigenvalue weighted by Crippen LogP contribution is 2.25. The first-order chi connectivity index (χ1) is 10.2. The summed E-state index contributed by atoms with van der Waals surface area (Å²) < 4.78 is 5.27. The number of alkyl carbamates (subject to hydrolysis) is 1. The molecular formula is C16H23ClN2O3. The monoisotopic (exact) mass is 326 g/mol. The number of ether oxygens (including phenoxy) is 1. The first kappa shape index (κ1) is 16.9. The van der Waals surface area contributed by atoms with Gasteiger partial charge in [-0.05, 0) is 44.9 Å². The lowest BCUT2D eigenvalue weighted by Crippen LogP contribution is -2.40. The van der Waals surface area contributed by atoms with Gasteiger partial charge < -0.3 is 15.2 Å². The highest BCUT2D eigenvalue weighted by Gasteiger charge is 2.26. The third-order valence-electron chi connectivity index (χ3n) is 3.41. The van der Waals surface area contributed by atoms with Crippen molar-refractivity contribution >= 4 is 17.7 Å². The molecule has 1 amide bonds. The van der Waals surface area contributed by atoms with Crippen molar-refractivity contribution in [2.45, 2.75) is 45.4 Å². The van der Waals surface area contributed by atoms with E-state index in [1.54, 1.807) is 12.1 Å². The summed E-state index contributed by atoms with van der Waals surface area (Å²) in [6, 6.07) is 5.36. The molecule has 2 rings (SSSR count). The molecule has 2 N–H and O–H groups in total. The van der Waals surface area contributed by atoms with E-state index in [0.717, 1.165) is 31.6 Å². The van der Waals surface area contributed by atoms with Gasteiger partial charge in [0, 0.05) is 25.7 Å². The van der Waals surface area contributed by atoms with Gasteiger partial charge in [0.2, 0.25) is 0 Å². The molecule has 1 atom stereocenters. The maximum absolute atomic E-state index is 11.8. The molecule has 5 nitrogen and oxygen atoms in total. The number of phenols is 1. The summed E-state index contributed by atoms with van der Waals surface area (Å²) >= 11 is 5.81. The van der Waals surface area contributed by atoms with Gasteiger partial charge >= 0.3 is 6.09 Å². The van der Waals surface area contributed by atoms with Gasteiger partial charge in [0.25, 0.3) is 0 Å². The molecule has 1 aromatic rings. The normalized spacial score (nSPS) is 19.2. The number of halogens is 1. The Labute approximate surface area is 136 Å². The first-order valence-corrected chi connectivity index (χ1v) is 7.80. The van der Waals surface area contributed by atoms with Crippen molar-refractivity contribution in [1.82, 2.24) is 10.2 Å². The number of nitrogens with one attached hydrogen (secondary N) is 1. The molecule has 22 heavy (non-hydrogen) atoms. The number of amides is 1. The van der Waals surface area contributed by atoms with Crippen LogP contribution in [0.25, 0.3) is 0 Å². The largest absolute Gasteiger partial charge is 0.506 e. The maximum atomic E-state index is 11.8. The molecule has 0 bridgehead atoms. The molecule has 0 spiro atoms. The van der Waals surface area contributed by atoms with Gasteiger partial charge in [-0.1, -0.05) is 17.7 Å². The summed E-state index contributed by atoms with van der Waals surface area (Å²) in [6.45, 7) is 7.92. The smallest absolute Gasteiger partial charge is 0.407 e. The van der Waals surface area contributed by atoms with Crippen molar-refractivity contribution < 1.29 is 14.6 Å². The molecule has 0 aromatic heterocycles. The number of carbonyl (C=O) groups is 1. The number of likely N-dealkylation sites (tertiary alicyclic amines) is 1. The standard InChI is InChI=1S/C16H23ClN2O3/c1-16(2,3)22-15(21)18-12-6-7-19(10-12)9-11-4-5-13(17)14(20)8-11/h4-5,8,12,20H,6-7,9-10H2,1-3H3,(H,18,21)/t12-/m0/s1. The van der Waals surface area contributed by atoms with Gasteiger partial charge in [0.05, 0.1) is 5.02 Å². The SMILES string of the molecule is CC(C)(C)OC(=O)N[C@H]1CCN(Cc2ccc(Cl)c(O)c2)C1. The van der Waals surface area contributed by atoms with E-state index < -0.39 is 5.60 Å². The Bertz CT molecular complexity index is 543. The first-order valence-electron chi connectivity index (χ1n) is 7.42. The van der Waals surface area contributed by atoms with E-state index in [1.807, 2.05) is 26.8 Å². The number of carbonyl (C=O) groups excluding carboxylic acids is 1. The van der Waals surface area contributed by atoms with Crippen LogP contribution in [-0.2, 0) is 11.3 Å². The van der Waals surface area contributed by atoms with Crippen LogP contribution in [0.1, 0.15) is 32.8 Å². The number of benzene rings is 1. The van der Waals surface area contributed by atoms with Crippen molar-refractivity contribution in [3.8, 4) is 5.75 Å². The Morgan fingerprint density at radius 1 is 1.50 bits per heavy atom. The van der Waals surface area contributed by atoms with Gasteiger partial charge in [0.1, 0.15) is 11.4 Å². The third-order valence-corrected chi connectivity index (χ3v) is 3.73. The Morgan fingerprint density at radius 2 is 2.23 bits per heavy atom. The summed E-state index contributed by atoms with van der Waals surface area (Å²) in [5.74, 6) is 0.0989. The molecule has 1 saturated heterocycles. The van der Waals surface area contributed by atoms with E-state index in [4.69, 9.17) is 16.3 Å². The summed E-state index contributed by atoms with van der Waals surface area (Å²) in [7, 11) is 0. The summed E-state index contributed by atoms with van der Waals surface area (Å²) in [4.78, 5) is 14.0. The van der Waals surface area contributed by atoms with E-state index in [2.05, 4.69) is 10.2 Å². The predicted molar refractivity (Wildman–Crippen MR) is 86.2 cm³/mol. The lowest BCUT2D eigenvalue weighted by atomic mass is 10.2. The van der Waals surface area contributed by atoms with Crippen molar-refractivity contribution in [3.05, 3.63) is 28.8 Å². The molecule has 1 aliphatic heterocycles. The molecular weight excluding hydrogens is 304 g/mol. The Balaban J connectivity index is 1.82. The van der Waals surface area contributed by atoms with Crippen LogP contribution < -0.4 is 5.32 Å². The Kier molecular flexibility index (Phi) is 5.19. The average Bonchev–Trinajstić information content (AvgIpc) is 2.78. The number of rotatable bonds is 3. The zero-order valence-electron chi connectivity index (χ0n) is 13.2. The topological polar surface area (TPSA) is 61.8 Å². The fraction of sp³-hybridized carbons (Fsp3) is 0.562. The van der Waals surface area contributed by atoms with Gasteiger partial charge in [-0.2, -0.15) is 0 Å². The number of nitrogens with zero attached hydrogens (tertiary/aromatic N) is 1. The summed E-state index contributed by atoms with van der Waals surface area (Å²) in [5, 5.41) is 12.9. The summed E-state index contributed by atoms with van der Waals surface area (Å²) in [5.41, 5.74) is 0.517. The lowest BCUT2D eigenvalue weighted by molar-refractivity contribution is 0.0506. The van der Waals surface area contributed by atoms with Crippen LogP contribution >= 0.6 is 11.6 Å². The molecule has 1 fully saturated rings. The lowest BCUT2D eigenvalue weighted by Gasteiger charge is -2.22. The minimum atomic E-state index is -0.483. The molecule has 1 heterocycles. The maximum Gasteiger partial charge on any atom is 0.407 e. The molecule has 1 aliphatic rings. The number of hydrogen-bond acceptors (Lipinski definition) is 4. The van der Waals surface area contributed by atoms with Gasteiger partial charge in [-0.15, -0.1) is 0 Å². The fourth-order valence-electron chi connectivity index (χ4n) is 2.48. The third kappa shape index (κ3) is 5.07. The van der Waals surface area contributed by atoms with E-state index >= 15 is 0 Å². The minimum Gasteiger partial charge on any atom is -0.506 e. The molecule has 122 valence electrons. The predicted octanol–water partition coefficient (Wildman–Crippen LogP) is 3.14. The van der Waals surface area contributed by atoms with Crippen LogP contribution in [0.3, 0.4) is 0 Å². The molecule has 0 aliphatic carbocycles. The highest BCUT2D eigenvalue weighted by atomic mass is 35.5. The van der Waals surface area contributed by atoms with Crippen LogP contribution in [-0.4, -0.2) is 40.8 Å². The molecule has 6 heteroatoms. The van der Waals surface area contributed by atoms with Gasteiger partial charge in [0.15, 0.2) is 0 Å². The van der Waals surface area contributed by atoms with Crippen LogP contribution in [0.5, 0.6) is 5.75 Å². The van der Waals surface area contributed by atoms with E-state index in [1.165, 1.54) is 0 Å². The average molecular weight is 327 g/mol. The molecule has 0 radical (unpaired) electrons. The molecule has 0 unspecified atom stereocenters. The molecule has 0 saturated carbocycles. The highest BCUT2D eigenvalue weighted by molar-refractivity contribution is 6.31. The Hall–Kier alpha value is -1.46. The van der Waals surface area contributed by atoms with Gasteiger partial charge in [-0.25, -0.2) is 4.79 Å². The van der Waals surface area contributed by atoms with Crippen molar-refractivity contribution in [1.29, 1.82) is 0 Å². The second-order valence-corrected chi connectivity index (χ2v) is 7.06. The van der Waals surface area contributed by atoms with Crippen molar-refractivity contribution in [2.24, 2.45) is 0 Å². The number of hydrogen-bond donors (Lipinski definition) is 2. The fourth-order valence-corrected chi connectivity index (χ4v) is 2.60. The Morgan fingerprint density at radius 3 is 2.86 bits per heavy atom. The van der Waals surface area contributed by atoms with E-state index in [9.17, 15) is 9.90 Å². The number of aromatic hydroxyl groups is 1. The zero-order valence-corrected chi connectivity index (χ0v) is 14.0. The van der Waals surface area contributed by atoms with Crippen LogP contribution in [0.15, 0.2) is 18.2 Å². The quantitative estimate of drug-likeness (QED) is 0.895. The number of phenolic OH excluding ortho intramolecular Hbond substituents is 1. The van der Waals surface area contributed by atoms with E-state index in [0.29, 0.717) is 5.02 Å². The second-order valence-electron chi connectivity index (χ2n) is 6.65. The zero-order chi connectivity index (χ0) is 16.3. The minimum absolute atomic E-state index is 0.0933. The molecule has 1 aromatic carbocycles. The summed E-state index contributed by atoms with van der Waals surface area (Å²) in [6.07, 6.45) is 0.516. The van der Waals surface area contributed by atoms with Crippen molar-refractivity contribution in [3.63, 3.8) is 0 Å². The van der Waals surface area contributed by atoms with Crippen LogP contribution in [0, 0.1) is 0 Å².